The third kappa shape index (κ3) is 4.93. The van der Waals surface area contributed by atoms with Gasteiger partial charge in [0.2, 0.25) is 17.6 Å². The van der Waals surface area contributed by atoms with Crippen molar-refractivity contribution in [2.24, 2.45) is 0 Å². The lowest BCUT2D eigenvalue weighted by Crippen LogP contribution is -2.31. The normalized spacial score (nSPS) is 17.1. The van der Waals surface area contributed by atoms with E-state index in [1.54, 1.807) is 0 Å². The third-order valence-electron chi connectivity index (χ3n) is 5.29. The molecule has 2 aromatic carbocycles. The van der Waals surface area contributed by atoms with Crippen LogP contribution in [0.25, 0.3) is 11.4 Å². The predicted octanol–water partition coefficient (Wildman–Crippen LogP) is 4.49. The second-order valence-electron chi connectivity index (χ2n) is 7.62. The Labute approximate surface area is 177 Å². The van der Waals surface area contributed by atoms with E-state index in [1.807, 2.05) is 36.1 Å². The van der Waals surface area contributed by atoms with Crippen LogP contribution in [0.1, 0.15) is 29.4 Å². The van der Waals surface area contributed by atoms with Crippen molar-refractivity contribution in [1.82, 2.24) is 15.0 Å². The van der Waals surface area contributed by atoms with Crippen LogP contribution in [-0.4, -0.2) is 40.6 Å². The number of likely N-dealkylation sites (tertiary alicyclic amines) is 1. The first-order valence-corrected chi connectivity index (χ1v) is 9.88. The van der Waals surface area contributed by atoms with Crippen molar-refractivity contribution in [3.63, 3.8) is 0 Å². The zero-order chi connectivity index (χ0) is 22.0. The molecule has 0 aliphatic carbocycles. The van der Waals surface area contributed by atoms with Gasteiger partial charge in [-0.3, -0.25) is 9.69 Å². The number of alkyl halides is 3. The molecule has 31 heavy (non-hydrogen) atoms. The van der Waals surface area contributed by atoms with E-state index in [2.05, 4.69) is 15.5 Å². The summed E-state index contributed by atoms with van der Waals surface area (Å²) >= 11 is 0. The van der Waals surface area contributed by atoms with Crippen LogP contribution in [0, 0.1) is 6.92 Å². The van der Waals surface area contributed by atoms with Gasteiger partial charge in [0.15, 0.2) is 0 Å². The van der Waals surface area contributed by atoms with Gasteiger partial charge in [-0.05, 0) is 43.7 Å². The highest BCUT2D eigenvalue weighted by molar-refractivity contribution is 5.92. The molecule has 2 heterocycles. The Bertz CT molecular complexity index is 1080. The van der Waals surface area contributed by atoms with Crippen LogP contribution in [0.4, 0.5) is 18.9 Å². The number of hydrogen-bond donors (Lipinski definition) is 1. The van der Waals surface area contributed by atoms with Crippen molar-refractivity contribution >= 4 is 11.6 Å². The quantitative estimate of drug-likeness (QED) is 0.646. The molecular formula is C22H21F3N4O2. The van der Waals surface area contributed by atoms with Gasteiger partial charge in [-0.1, -0.05) is 35.5 Å². The fourth-order valence-electron chi connectivity index (χ4n) is 3.69. The average molecular weight is 430 g/mol. The molecule has 0 spiro atoms. The van der Waals surface area contributed by atoms with Gasteiger partial charge in [0.1, 0.15) is 0 Å². The van der Waals surface area contributed by atoms with Crippen LogP contribution in [-0.2, 0) is 11.0 Å². The average Bonchev–Trinajstić information content (AvgIpc) is 3.37. The van der Waals surface area contributed by atoms with E-state index < -0.39 is 11.7 Å². The SMILES string of the molecule is Cc1ccccc1-c1noc(C2CCN(CC(=O)Nc3cccc(C(F)(F)F)c3)C2)n1. The number of hydrogen-bond acceptors (Lipinski definition) is 5. The summed E-state index contributed by atoms with van der Waals surface area (Å²) in [6.45, 7) is 3.27. The predicted molar refractivity (Wildman–Crippen MR) is 108 cm³/mol. The maximum atomic E-state index is 12.8. The van der Waals surface area contributed by atoms with Crippen molar-refractivity contribution in [2.45, 2.75) is 25.4 Å². The number of nitrogens with zero attached hydrogens (tertiary/aromatic N) is 3. The number of carbonyl (C=O) groups excluding carboxylic acids is 1. The van der Waals surface area contributed by atoms with E-state index in [1.165, 1.54) is 12.1 Å². The second-order valence-corrected chi connectivity index (χ2v) is 7.62. The number of benzene rings is 2. The molecule has 1 saturated heterocycles. The van der Waals surface area contributed by atoms with Gasteiger partial charge in [0.25, 0.3) is 0 Å². The monoisotopic (exact) mass is 430 g/mol. The van der Waals surface area contributed by atoms with E-state index >= 15 is 0 Å². The molecule has 6 nitrogen and oxygen atoms in total. The summed E-state index contributed by atoms with van der Waals surface area (Å²) in [4.78, 5) is 18.8. The number of nitrogens with one attached hydrogen (secondary N) is 1. The number of rotatable bonds is 5. The fraction of sp³-hybridized carbons (Fsp3) is 0.318. The minimum Gasteiger partial charge on any atom is -0.339 e. The molecule has 0 saturated carbocycles. The second kappa shape index (κ2) is 8.50. The van der Waals surface area contributed by atoms with Crippen molar-refractivity contribution in [1.29, 1.82) is 0 Å². The van der Waals surface area contributed by atoms with Crippen LogP contribution in [0.5, 0.6) is 0 Å². The molecule has 4 rings (SSSR count). The number of anilines is 1. The van der Waals surface area contributed by atoms with Crippen LogP contribution in [0.15, 0.2) is 53.1 Å². The highest BCUT2D eigenvalue weighted by Gasteiger charge is 2.31. The zero-order valence-corrected chi connectivity index (χ0v) is 16.8. The van der Waals surface area contributed by atoms with E-state index in [9.17, 15) is 18.0 Å². The topological polar surface area (TPSA) is 71.3 Å². The summed E-state index contributed by atoms with van der Waals surface area (Å²) in [6, 6.07) is 12.4. The van der Waals surface area contributed by atoms with Crippen molar-refractivity contribution in [3.05, 3.63) is 65.5 Å². The van der Waals surface area contributed by atoms with Crippen molar-refractivity contribution in [3.8, 4) is 11.4 Å². The van der Waals surface area contributed by atoms with Gasteiger partial charge in [-0.2, -0.15) is 18.2 Å². The fourth-order valence-corrected chi connectivity index (χ4v) is 3.69. The van der Waals surface area contributed by atoms with Gasteiger partial charge in [0, 0.05) is 17.8 Å². The van der Waals surface area contributed by atoms with Crippen LogP contribution in [0.3, 0.4) is 0 Å². The number of halogens is 3. The molecule has 1 fully saturated rings. The first-order chi connectivity index (χ1) is 14.8. The molecule has 162 valence electrons. The summed E-state index contributed by atoms with van der Waals surface area (Å²) in [5.41, 5.74) is 1.28. The maximum absolute atomic E-state index is 12.8. The van der Waals surface area contributed by atoms with E-state index in [0.717, 1.165) is 29.7 Å². The van der Waals surface area contributed by atoms with Crippen LogP contribution >= 0.6 is 0 Å². The minimum absolute atomic E-state index is 0.00613. The van der Waals surface area contributed by atoms with Gasteiger partial charge in [-0.15, -0.1) is 0 Å². The lowest BCUT2D eigenvalue weighted by molar-refractivity contribution is -0.137. The summed E-state index contributed by atoms with van der Waals surface area (Å²) in [5.74, 6) is 0.700. The number of carbonyl (C=O) groups is 1. The zero-order valence-electron chi connectivity index (χ0n) is 16.8. The number of aryl methyl sites for hydroxylation is 1. The Kier molecular flexibility index (Phi) is 5.77. The molecule has 1 amide bonds. The highest BCUT2D eigenvalue weighted by atomic mass is 19.4. The highest BCUT2D eigenvalue weighted by Crippen LogP contribution is 2.31. The maximum Gasteiger partial charge on any atom is 0.416 e. The third-order valence-corrected chi connectivity index (χ3v) is 5.29. The first kappa shape index (κ1) is 21.0. The number of aromatic nitrogens is 2. The Hall–Kier alpha value is -3.20. The summed E-state index contributed by atoms with van der Waals surface area (Å²) in [7, 11) is 0. The van der Waals surface area contributed by atoms with Gasteiger partial charge >= 0.3 is 6.18 Å². The molecule has 1 unspecified atom stereocenters. The standard InChI is InChI=1S/C22H21F3N4O2/c1-14-5-2-3-8-18(14)20-27-21(31-28-20)15-9-10-29(12-15)13-19(30)26-17-7-4-6-16(11-17)22(23,24)25/h2-8,11,15H,9-10,12-13H2,1H3,(H,26,30). The Morgan fingerprint density at radius 1 is 1.23 bits per heavy atom. The Morgan fingerprint density at radius 2 is 2.03 bits per heavy atom. The van der Waals surface area contributed by atoms with Gasteiger partial charge in [0.05, 0.1) is 18.0 Å². The Morgan fingerprint density at radius 3 is 2.81 bits per heavy atom. The molecule has 1 atom stereocenters. The Balaban J connectivity index is 1.35. The van der Waals surface area contributed by atoms with Crippen molar-refractivity contribution < 1.29 is 22.5 Å². The molecule has 1 aliphatic heterocycles. The van der Waals surface area contributed by atoms with Crippen LogP contribution in [0.2, 0.25) is 0 Å². The molecule has 0 radical (unpaired) electrons. The van der Waals surface area contributed by atoms with Crippen LogP contribution < -0.4 is 5.32 Å². The molecule has 0 bridgehead atoms. The number of amides is 1. The lowest BCUT2D eigenvalue weighted by Gasteiger charge is -2.15. The smallest absolute Gasteiger partial charge is 0.339 e. The lowest BCUT2D eigenvalue weighted by atomic mass is 10.1. The minimum atomic E-state index is -4.45. The van der Waals surface area contributed by atoms with E-state index in [0.29, 0.717) is 24.8 Å². The van der Waals surface area contributed by atoms with Gasteiger partial charge in [-0.25, -0.2) is 0 Å². The largest absolute Gasteiger partial charge is 0.416 e. The summed E-state index contributed by atoms with van der Waals surface area (Å²) in [5, 5.41) is 6.62. The molecule has 1 aliphatic rings. The summed E-state index contributed by atoms with van der Waals surface area (Å²) in [6.07, 6.45) is -3.70. The first-order valence-electron chi connectivity index (χ1n) is 9.88. The molecule has 1 N–H and O–H groups in total. The summed E-state index contributed by atoms with van der Waals surface area (Å²) < 4.78 is 43.9. The van der Waals surface area contributed by atoms with E-state index in [-0.39, 0.29) is 24.1 Å². The van der Waals surface area contributed by atoms with Gasteiger partial charge < -0.3 is 9.84 Å². The molecule has 1 aromatic heterocycles. The van der Waals surface area contributed by atoms with Crippen molar-refractivity contribution in [2.75, 3.05) is 25.0 Å². The molecule has 3 aromatic rings. The van der Waals surface area contributed by atoms with E-state index in [4.69, 9.17) is 4.52 Å². The molecule has 9 heteroatoms. The molecular weight excluding hydrogens is 409 g/mol.